The van der Waals surface area contributed by atoms with E-state index in [0.29, 0.717) is 6.42 Å². The van der Waals surface area contributed by atoms with Gasteiger partial charge in [-0.25, -0.2) is 0 Å². The van der Waals surface area contributed by atoms with Crippen LogP contribution in [-0.2, 0) is 0 Å². The fraction of sp³-hybridized carbons (Fsp3) is 0.476. The van der Waals surface area contributed by atoms with Crippen molar-refractivity contribution < 1.29 is 4.79 Å². The van der Waals surface area contributed by atoms with Gasteiger partial charge in [0.15, 0.2) is 5.78 Å². The number of Topliss-reactive ketones (excluding diaryl/α,β-unsaturated/α-hetero) is 1. The molecule has 0 N–H and O–H groups in total. The molecule has 0 saturated carbocycles. The molecule has 1 aromatic rings. The minimum absolute atomic E-state index is 0.0500. The Hall–Kier alpha value is -1.63. The minimum atomic E-state index is -0.0500. The molecule has 0 radical (unpaired) electrons. The molecule has 0 spiro atoms. The van der Waals surface area contributed by atoms with E-state index >= 15 is 0 Å². The summed E-state index contributed by atoms with van der Waals surface area (Å²) in [7, 11) is 0. The van der Waals surface area contributed by atoms with Crippen LogP contribution in [0.1, 0.15) is 65.2 Å². The number of benzene rings is 1. The van der Waals surface area contributed by atoms with Crippen LogP contribution >= 0.6 is 0 Å². The first-order valence-corrected chi connectivity index (χ1v) is 8.07. The van der Waals surface area contributed by atoms with Crippen molar-refractivity contribution in [3.63, 3.8) is 0 Å². The highest BCUT2D eigenvalue weighted by molar-refractivity contribution is 5.98. The van der Waals surface area contributed by atoms with E-state index in [1.165, 1.54) is 22.3 Å². The number of carbonyl (C=O) groups is 1. The number of hydrogen-bond acceptors (Lipinski definition) is 1. The van der Waals surface area contributed by atoms with Gasteiger partial charge in [-0.3, -0.25) is 4.79 Å². The molecule has 1 unspecified atom stereocenters. The average Bonchev–Trinajstić information content (AvgIpc) is 2.63. The van der Waals surface area contributed by atoms with Crippen molar-refractivity contribution in [1.82, 2.24) is 0 Å². The van der Waals surface area contributed by atoms with Gasteiger partial charge in [0.2, 0.25) is 0 Å². The number of rotatable bonds is 3. The van der Waals surface area contributed by atoms with Gasteiger partial charge in [0.05, 0.1) is 0 Å². The normalized spacial score (nSPS) is 22.5. The Labute approximate surface area is 135 Å². The first-order chi connectivity index (χ1) is 10.1. The largest absolute Gasteiger partial charge is 0.294 e. The van der Waals surface area contributed by atoms with Gasteiger partial charge in [-0.1, -0.05) is 63.6 Å². The summed E-state index contributed by atoms with van der Waals surface area (Å²) in [6, 6.07) is 9.64. The van der Waals surface area contributed by atoms with Gasteiger partial charge in [-0.2, -0.15) is 0 Å². The maximum absolute atomic E-state index is 12.7. The fourth-order valence-corrected chi connectivity index (χ4v) is 3.70. The third-order valence-electron chi connectivity index (χ3n) is 5.86. The van der Waals surface area contributed by atoms with Crippen LogP contribution in [0.15, 0.2) is 52.6 Å². The Morgan fingerprint density at radius 3 is 2.05 bits per heavy atom. The van der Waals surface area contributed by atoms with E-state index in [-0.39, 0.29) is 16.6 Å². The summed E-state index contributed by atoms with van der Waals surface area (Å²) in [6.07, 6.45) is 0.512. The molecule has 0 aliphatic heterocycles. The molecule has 1 nitrogen and oxygen atoms in total. The Kier molecular flexibility index (Phi) is 4.21. The summed E-state index contributed by atoms with van der Waals surface area (Å²) < 4.78 is 0. The topological polar surface area (TPSA) is 17.1 Å². The predicted octanol–water partition coefficient (Wildman–Crippen LogP) is 5.98. The summed E-state index contributed by atoms with van der Waals surface area (Å²) in [5, 5.41) is 0. The lowest BCUT2D eigenvalue weighted by atomic mass is 9.60. The van der Waals surface area contributed by atoms with Gasteiger partial charge in [0.1, 0.15) is 0 Å². The minimum Gasteiger partial charge on any atom is -0.294 e. The molecular formula is C21H28O. The van der Waals surface area contributed by atoms with Crippen LogP contribution in [-0.4, -0.2) is 5.78 Å². The lowest BCUT2D eigenvalue weighted by Crippen LogP contribution is -2.35. The maximum atomic E-state index is 12.7. The van der Waals surface area contributed by atoms with E-state index in [2.05, 4.69) is 48.5 Å². The van der Waals surface area contributed by atoms with Crippen molar-refractivity contribution in [3.05, 3.63) is 58.2 Å². The molecule has 0 amide bonds. The third-order valence-corrected chi connectivity index (χ3v) is 5.86. The molecule has 1 atom stereocenters. The smallest absolute Gasteiger partial charge is 0.166 e. The zero-order valence-electron chi connectivity index (χ0n) is 15.0. The van der Waals surface area contributed by atoms with E-state index in [9.17, 15) is 4.79 Å². The molecule has 1 aromatic carbocycles. The molecular weight excluding hydrogens is 268 g/mol. The van der Waals surface area contributed by atoms with E-state index < -0.39 is 0 Å². The SMILES string of the molecule is CC1=C(C)C(C)(C(C)(C)C)C(CC(=O)c2ccccc2)=C1C. The van der Waals surface area contributed by atoms with Crippen LogP contribution in [0.4, 0.5) is 0 Å². The van der Waals surface area contributed by atoms with Crippen LogP contribution in [0.3, 0.4) is 0 Å². The summed E-state index contributed by atoms with van der Waals surface area (Å²) >= 11 is 0. The first-order valence-electron chi connectivity index (χ1n) is 8.07. The van der Waals surface area contributed by atoms with Crippen molar-refractivity contribution in [1.29, 1.82) is 0 Å². The van der Waals surface area contributed by atoms with Gasteiger partial charge < -0.3 is 0 Å². The summed E-state index contributed by atoms with van der Waals surface area (Å²) in [4.78, 5) is 12.7. The van der Waals surface area contributed by atoms with Crippen LogP contribution in [0.5, 0.6) is 0 Å². The Bertz CT molecular complexity index is 653. The number of carbonyl (C=O) groups excluding carboxylic acids is 1. The van der Waals surface area contributed by atoms with Crippen molar-refractivity contribution in [2.24, 2.45) is 10.8 Å². The standard InChI is InChI=1S/C21H28O/c1-14-15(2)18(21(7,16(14)3)20(4,5)6)13-19(22)17-11-9-8-10-12-17/h8-12H,13H2,1-7H3. The molecule has 118 valence electrons. The van der Waals surface area contributed by atoms with E-state index in [4.69, 9.17) is 0 Å². The maximum Gasteiger partial charge on any atom is 0.166 e. The monoisotopic (exact) mass is 296 g/mol. The molecule has 0 heterocycles. The highest BCUT2D eigenvalue weighted by atomic mass is 16.1. The van der Waals surface area contributed by atoms with E-state index in [1.54, 1.807) is 0 Å². The zero-order valence-corrected chi connectivity index (χ0v) is 15.0. The van der Waals surface area contributed by atoms with Crippen LogP contribution in [0.2, 0.25) is 0 Å². The highest BCUT2D eigenvalue weighted by Crippen LogP contribution is 2.57. The summed E-state index contributed by atoms with van der Waals surface area (Å²) in [5.41, 5.74) is 6.21. The fourth-order valence-electron chi connectivity index (χ4n) is 3.70. The van der Waals surface area contributed by atoms with Gasteiger partial charge in [-0.15, -0.1) is 0 Å². The lowest BCUT2D eigenvalue weighted by Gasteiger charge is -2.43. The van der Waals surface area contributed by atoms with E-state index in [0.717, 1.165) is 5.56 Å². The molecule has 1 aliphatic rings. The Morgan fingerprint density at radius 2 is 1.55 bits per heavy atom. The molecule has 22 heavy (non-hydrogen) atoms. The third kappa shape index (κ3) is 2.47. The van der Waals surface area contributed by atoms with E-state index in [1.807, 2.05) is 30.3 Å². The summed E-state index contributed by atoms with van der Waals surface area (Å²) in [5.74, 6) is 0.216. The molecule has 0 saturated heterocycles. The second kappa shape index (κ2) is 5.53. The Balaban J connectivity index is 2.44. The second-order valence-corrected chi connectivity index (χ2v) is 7.69. The van der Waals surface area contributed by atoms with Gasteiger partial charge in [0.25, 0.3) is 0 Å². The average molecular weight is 296 g/mol. The number of hydrogen-bond donors (Lipinski definition) is 0. The van der Waals surface area contributed by atoms with Crippen LogP contribution in [0, 0.1) is 10.8 Å². The van der Waals surface area contributed by atoms with Crippen molar-refractivity contribution in [2.75, 3.05) is 0 Å². The number of allylic oxidation sites excluding steroid dienone is 4. The summed E-state index contributed by atoms with van der Waals surface area (Å²) in [6.45, 7) is 15.7. The van der Waals surface area contributed by atoms with Gasteiger partial charge in [-0.05, 0) is 42.9 Å². The lowest BCUT2D eigenvalue weighted by molar-refractivity contribution is 0.0976. The quantitative estimate of drug-likeness (QED) is 0.627. The van der Waals surface area contributed by atoms with Crippen LogP contribution in [0.25, 0.3) is 0 Å². The molecule has 2 rings (SSSR count). The highest BCUT2D eigenvalue weighted by Gasteiger charge is 2.47. The van der Waals surface area contributed by atoms with Gasteiger partial charge in [0, 0.05) is 17.4 Å². The number of ketones is 1. The molecule has 1 heteroatoms. The predicted molar refractivity (Wildman–Crippen MR) is 94.0 cm³/mol. The zero-order chi connectivity index (χ0) is 16.7. The molecule has 1 aliphatic carbocycles. The molecule has 0 aromatic heterocycles. The second-order valence-electron chi connectivity index (χ2n) is 7.69. The van der Waals surface area contributed by atoms with Crippen molar-refractivity contribution in [2.45, 2.75) is 54.9 Å². The molecule has 0 bridgehead atoms. The van der Waals surface area contributed by atoms with Gasteiger partial charge >= 0.3 is 0 Å². The van der Waals surface area contributed by atoms with Crippen LogP contribution < -0.4 is 0 Å². The first kappa shape index (κ1) is 16.7. The molecule has 0 fully saturated rings. The van der Waals surface area contributed by atoms with Crippen molar-refractivity contribution >= 4 is 5.78 Å². The van der Waals surface area contributed by atoms with Crippen molar-refractivity contribution in [3.8, 4) is 0 Å². The Morgan fingerprint density at radius 1 is 1.00 bits per heavy atom.